The minimum Gasteiger partial charge on any atom is -0.489 e. The molecule has 0 unspecified atom stereocenters. The molecule has 1 aliphatic heterocycles. The van der Waals surface area contributed by atoms with Gasteiger partial charge in [-0.2, -0.15) is 13.2 Å². The summed E-state index contributed by atoms with van der Waals surface area (Å²) in [4.78, 5) is 24.8. The van der Waals surface area contributed by atoms with Crippen molar-refractivity contribution in [3.63, 3.8) is 0 Å². The molecule has 0 bridgehead atoms. The second kappa shape index (κ2) is 12.4. The molecule has 1 fully saturated rings. The smallest absolute Gasteiger partial charge is 0.429 e. The van der Waals surface area contributed by atoms with Crippen molar-refractivity contribution in [2.45, 2.75) is 18.7 Å². The summed E-state index contributed by atoms with van der Waals surface area (Å²) in [5, 5.41) is 9.03. The summed E-state index contributed by atoms with van der Waals surface area (Å²) in [5.41, 5.74) is 1.27. The molecule has 3 aromatic carbocycles. The van der Waals surface area contributed by atoms with Crippen LogP contribution >= 0.6 is 24.0 Å². The number of carboxylic acid groups (broad SMARTS) is 1. The number of benzene rings is 3. The van der Waals surface area contributed by atoms with Gasteiger partial charge in [-0.25, -0.2) is 0 Å². The number of carbonyl (C=O) groups excluding carboxylic acids is 1. The van der Waals surface area contributed by atoms with Crippen molar-refractivity contribution in [3.8, 4) is 11.5 Å². The van der Waals surface area contributed by atoms with E-state index < -0.39 is 30.7 Å². The lowest BCUT2D eigenvalue weighted by atomic mass is 10.1. The van der Waals surface area contributed by atoms with Crippen molar-refractivity contribution in [1.82, 2.24) is 4.90 Å². The highest BCUT2D eigenvalue weighted by Gasteiger charge is 2.43. The lowest BCUT2D eigenvalue weighted by Gasteiger charge is -2.24. The van der Waals surface area contributed by atoms with Gasteiger partial charge in [0.1, 0.15) is 10.9 Å². The molecule has 3 aromatic rings. The van der Waals surface area contributed by atoms with E-state index in [0.29, 0.717) is 12.0 Å². The van der Waals surface area contributed by atoms with Gasteiger partial charge >= 0.3 is 12.1 Å². The number of halogens is 3. The molecule has 0 saturated carbocycles. The first-order valence-electron chi connectivity index (χ1n) is 11.7. The monoisotopic (exact) mass is 573 g/mol. The van der Waals surface area contributed by atoms with Crippen LogP contribution in [0, 0.1) is 0 Å². The number of thioether (sulfide) groups is 1. The molecule has 0 spiro atoms. The van der Waals surface area contributed by atoms with Crippen molar-refractivity contribution >= 4 is 46.3 Å². The van der Waals surface area contributed by atoms with Gasteiger partial charge in [-0.05, 0) is 29.3 Å². The lowest BCUT2D eigenvalue weighted by molar-refractivity contribution is -0.198. The second-order valence-electron chi connectivity index (χ2n) is 8.40. The average molecular weight is 574 g/mol. The van der Waals surface area contributed by atoms with Crippen LogP contribution in [-0.2, 0) is 16.0 Å². The van der Waals surface area contributed by atoms with E-state index in [-0.39, 0.29) is 32.9 Å². The summed E-state index contributed by atoms with van der Waals surface area (Å²) in [6, 6.07) is 21.1. The van der Waals surface area contributed by atoms with E-state index in [1.54, 1.807) is 12.1 Å². The number of hydrogen-bond donors (Lipinski definition) is 1. The molecular formula is C28H22F3NO5S2. The van der Waals surface area contributed by atoms with E-state index in [0.717, 1.165) is 22.2 Å². The molecule has 1 N–H and O–H groups in total. The van der Waals surface area contributed by atoms with Crippen LogP contribution in [0.2, 0.25) is 0 Å². The van der Waals surface area contributed by atoms with E-state index in [1.165, 1.54) is 42.5 Å². The van der Waals surface area contributed by atoms with Crippen LogP contribution in [0.5, 0.6) is 11.5 Å². The van der Waals surface area contributed by atoms with Gasteiger partial charge in [0, 0.05) is 12.0 Å². The number of rotatable bonds is 10. The van der Waals surface area contributed by atoms with Gasteiger partial charge in [0.25, 0.3) is 5.91 Å². The molecule has 6 nitrogen and oxygen atoms in total. The highest BCUT2D eigenvalue weighted by Crippen LogP contribution is 2.41. The van der Waals surface area contributed by atoms with Gasteiger partial charge in [0.15, 0.2) is 11.5 Å². The van der Waals surface area contributed by atoms with Crippen molar-refractivity contribution in [2.24, 2.45) is 0 Å². The zero-order valence-corrected chi connectivity index (χ0v) is 21.9. The van der Waals surface area contributed by atoms with E-state index in [4.69, 9.17) is 26.8 Å². The number of carbonyl (C=O) groups is 2. The van der Waals surface area contributed by atoms with Crippen LogP contribution < -0.4 is 9.47 Å². The third-order valence-electron chi connectivity index (χ3n) is 5.57. The zero-order valence-electron chi connectivity index (χ0n) is 20.3. The first-order chi connectivity index (χ1) is 18.6. The Morgan fingerprint density at radius 1 is 1.03 bits per heavy atom. The number of thiocarbonyl (C=S) groups is 1. The summed E-state index contributed by atoms with van der Waals surface area (Å²) in [6.07, 6.45) is -5.04. The highest BCUT2D eigenvalue weighted by molar-refractivity contribution is 8.26. The Balaban J connectivity index is 1.65. The van der Waals surface area contributed by atoms with Gasteiger partial charge < -0.3 is 14.6 Å². The Kier molecular flexibility index (Phi) is 8.93. The number of amides is 1. The van der Waals surface area contributed by atoms with Crippen LogP contribution in [0.4, 0.5) is 13.2 Å². The first-order valence-corrected chi connectivity index (χ1v) is 12.9. The minimum absolute atomic E-state index is 0.0761. The van der Waals surface area contributed by atoms with Crippen LogP contribution in [-0.4, -0.2) is 45.5 Å². The third-order valence-corrected chi connectivity index (χ3v) is 6.95. The maximum absolute atomic E-state index is 14.1. The molecule has 0 radical (unpaired) electrons. The van der Waals surface area contributed by atoms with E-state index >= 15 is 0 Å². The minimum atomic E-state index is -4.72. The fourth-order valence-electron chi connectivity index (χ4n) is 3.75. The fourth-order valence-corrected chi connectivity index (χ4v) is 5.01. The van der Waals surface area contributed by atoms with Gasteiger partial charge in [0.05, 0.1) is 11.5 Å². The van der Waals surface area contributed by atoms with Crippen molar-refractivity contribution in [2.75, 3.05) is 13.2 Å². The fraction of sp³-hybridized carbons (Fsp3) is 0.179. The van der Waals surface area contributed by atoms with Gasteiger partial charge in [-0.3, -0.25) is 14.5 Å². The summed E-state index contributed by atoms with van der Waals surface area (Å²) in [7, 11) is 0. The number of ether oxygens (including phenoxy) is 2. The van der Waals surface area contributed by atoms with Crippen LogP contribution in [0.3, 0.4) is 0 Å². The molecule has 1 amide bonds. The number of hydrogen-bond acceptors (Lipinski definition) is 6. The van der Waals surface area contributed by atoms with Crippen LogP contribution in [0.1, 0.15) is 22.8 Å². The second-order valence-corrected chi connectivity index (χ2v) is 10.1. The van der Waals surface area contributed by atoms with E-state index in [9.17, 15) is 22.8 Å². The number of carboxylic acids is 1. The molecule has 39 heavy (non-hydrogen) atoms. The number of alkyl halides is 3. The molecule has 1 aliphatic rings. The normalized spacial score (nSPS) is 15.5. The molecule has 202 valence electrons. The average Bonchev–Trinajstić information content (AvgIpc) is 3.15. The van der Waals surface area contributed by atoms with Gasteiger partial charge in [-0.15, -0.1) is 0 Å². The first kappa shape index (κ1) is 28.2. The van der Waals surface area contributed by atoms with Gasteiger partial charge in [-0.1, -0.05) is 90.7 Å². The standard InChI is InChI=1S/C28H22F3NO5S2/c29-28(30,31)25(20-9-5-2-6-10-20)37-22-15-19(16-23-26(35)32(17-24(33)34)27(38)39-23)11-12-21(22)36-14-13-18-7-3-1-4-8-18/h1-12,15-16,25H,13-14,17H2,(H,33,34)/b23-16-/t25-/m0/s1. The SMILES string of the molecule is O=C(O)CN1C(=O)/C(=C/c2ccc(OCCc3ccccc3)c(O[C@@H](c3ccccc3)C(F)(F)F)c2)SC1=S. The topological polar surface area (TPSA) is 76.1 Å². The van der Waals surface area contributed by atoms with Crippen LogP contribution in [0.25, 0.3) is 6.08 Å². The van der Waals surface area contributed by atoms with Crippen LogP contribution in [0.15, 0.2) is 83.8 Å². The molecule has 0 aliphatic carbocycles. The van der Waals surface area contributed by atoms with Crippen molar-refractivity contribution in [1.29, 1.82) is 0 Å². The Bertz CT molecular complexity index is 1380. The molecular weight excluding hydrogens is 551 g/mol. The quantitative estimate of drug-likeness (QED) is 0.226. The summed E-state index contributed by atoms with van der Waals surface area (Å²) in [5.74, 6) is -1.88. The summed E-state index contributed by atoms with van der Waals surface area (Å²) < 4.78 is 53.7. The van der Waals surface area contributed by atoms with Gasteiger partial charge in [0.2, 0.25) is 6.10 Å². The van der Waals surface area contributed by atoms with E-state index in [2.05, 4.69) is 0 Å². The Morgan fingerprint density at radius 3 is 2.33 bits per heavy atom. The summed E-state index contributed by atoms with van der Waals surface area (Å²) >= 11 is 6.02. The molecule has 11 heteroatoms. The predicted octanol–water partition coefficient (Wildman–Crippen LogP) is 6.28. The number of nitrogens with zero attached hydrogens (tertiary/aromatic N) is 1. The molecule has 1 heterocycles. The number of aliphatic carboxylic acids is 1. The Morgan fingerprint density at radius 2 is 1.69 bits per heavy atom. The third kappa shape index (κ3) is 7.39. The zero-order chi connectivity index (χ0) is 28.0. The predicted molar refractivity (Wildman–Crippen MR) is 145 cm³/mol. The molecule has 0 aromatic heterocycles. The highest BCUT2D eigenvalue weighted by atomic mass is 32.2. The van der Waals surface area contributed by atoms with Crippen molar-refractivity contribution < 1.29 is 37.3 Å². The van der Waals surface area contributed by atoms with Crippen molar-refractivity contribution in [3.05, 3.63) is 100 Å². The maximum atomic E-state index is 14.1. The Labute approximate surface area is 232 Å². The Hall–Kier alpha value is -3.83. The molecule has 1 atom stereocenters. The molecule has 4 rings (SSSR count). The summed E-state index contributed by atoms with van der Waals surface area (Å²) in [6.45, 7) is -0.398. The van der Waals surface area contributed by atoms with E-state index in [1.807, 2.05) is 30.3 Å². The maximum Gasteiger partial charge on any atom is 0.429 e. The molecule has 1 saturated heterocycles. The lowest BCUT2D eigenvalue weighted by Crippen LogP contribution is -2.33. The largest absolute Gasteiger partial charge is 0.489 e.